The number of hydrogen-bond donors (Lipinski definition) is 1. The van der Waals surface area contributed by atoms with E-state index in [1.165, 1.54) is 7.11 Å². The third-order valence-corrected chi connectivity index (χ3v) is 7.91. The molecule has 1 saturated carbocycles. The maximum atomic E-state index is 12.6. The summed E-state index contributed by atoms with van der Waals surface area (Å²) in [6.07, 6.45) is 7.72. The molecule has 2 aromatic heterocycles. The average Bonchev–Trinajstić information content (AvgIpc) is 3.46. The molecule has 0 radical (unpaired) electrons. The Balaban J connectivity index is 1.64. The summed E-state index contributed by atoms with van der Waals surface area (Å²) in [5.41, 5.74) is 3.74. The third kappa shape index (κ3) is 4.34. The van der Waals surface area contributed by atoms with Crippen molar-refractivity contribution in [3.63, 3.8) is 0 Å². The van der Waals surface area contributed by atoms with Crippen molar-refractivity contribution in [3.8, 4) is 0 Å². The number of amides is 1. The molecule has 1 aromatic carbocycles. The van der Waals surface area contributed by atoms with Crippen LogP contribution in [0.15, 0.2) is 24.5 Å². The predicted octanol–water partition coefficient (Wildman–Crippen LogP) is 5.41. The Hall–Kier alpha value is -3.07. The molecular weight excluding hydrogens is 482 g/mol. The van der Waals surface area contributed by atoms with Crippen LogP contribution in [-0.2, 0) is 22.5 Å². The van der Waals surface area contributed by atoms with E-state index in [0.29, 0.717) is 24.4 Å². The number of hydrogen-bond acceptors (Lipinski definition) is 5. The second kappa shape index (κ2) is 9.76. The van der Waals surface area contributed by atoms with Gasteiger partial charge >= 0.3 is 12.1 Å². The fraction of sp³-hybridized carbons (Fsp3) is 0.538. The largest absolute Gasteiger partial charge is 0.481 e. The molecule has 1 amide bonds. The topological polar surface area (TPSA) is 102 Å². The molecule has 1 fully saturated rings. The van der Waals surface area contributed by atoms with Gasteiger partial charge in [-0.1, -0.05) is 24.9 Å². The van der Waals surface area contributed by atoms with Crippen LogP contribution in [-0.4, -0.2) is 49.7 Å². The molecule has 0 spiro atoms. The molecule has 3 aromatic rings. The number of anilines is 1. The molecule has 4 atom stereocenters. The lowest BCUT2D eigenvalue weighted by molar-refractivity contribution is -0.143. The quantitative estimate of drug-likeness (QED) is 0.489. The van der Waals surface area contributed by atoms with Crippen molar-refractivity contribution in [1.29, 1.82) is 0 Å². The van der Waals surface area contributed by atoms with Gasteiger partial charge in [-0.15, -0.1) is 0 Å². The van der Waals surface area contributed by atoms with Gasteiger partial charge in [-0.05, 0) is 51.2 Å². The van der Waals surface area contributed by atoms with Crippen LogP contribution < -0.4 is 4.90 Å². The SMILES string of the molecule is COC(=O)N1c2ccc3c(nc(C(C)Cn4cc(Cl)cn4)n3C3CCCC(C(=O)O)C3)c2CCC1C. The van der Waals surface area contributed by atoms with Crippen molar-refractivity contribution < 1.29 is 19.4 Å². The molecule has 2 aliphatic rings. The van der Waals surface area contributed by atoms with Crippen LogP contribution in [0.3, 0.4) is 0 Å². The number of aliphatic carboxylic acids is 1. The van der Waals surface area contributed by atoms with Gasteiger partial charge in [0.25, 0.3) is 0 Å². The van der Waals surface area contributed by atoms with Gasteiger partial charge in [0.15, 0.2) is 0 Å². The summed E-state index contributed by atoms with van der Waals surface area (Å²) in [7, 11) is 1.40. The van der Waals surface area contributed by atoms with Gasteiger partial charge in [0.1, 0.15) is 5.82 Å². The van der Waals surface area contributed by atoms with Gasteiger partial charge in [-0.3, -0.25) is 14.4 Å². The van der Waals surface area contributed by atoms with Gasteiger partial charge in [0.2, 0.25) is 0 Å². The summed E-state index contributed by atoms with van der Waals surface area (Å²) >= 11 is 6.09. The molecule has 192 valence electrons. The molecule has 3 heterocycles. The molecule has 4 unspecified atom stereocenters. The second-order valence-electron chi connectivity index (χ2n) is 10.1. The number of carboxylic acids is 1. The number of carboxylic acid groups (broad SMARTS) is 1. The Kier molecular flexibility index (Phi) is 6.68. The molecule has 0 saturated heterocycles. The van der Waals surface area contributed by atoms with Crippen molar-refractivity contribution in [1.82, 2.24) is 19.3 Å². The normalized spacial score (nSPS) is 22.9. The molecule has 0 bridgehead atoms. The van der Waals surface area contributed by atoms with E-state index in [4.69, 9.17) is 21.3 Å². The number of aromatic nitrogens is 4. The summed E-state index contributed by atoms with van der Waals surface area (Å²) in [6.45, 7) is 4.73. The summed E-state index contributed by atoms with van der Waals surface area (Å²) in [5, 5.41) is 14.7. The number of rotatable bonds is 5. The number of nitrogens with zero attached hydrogens (tertiary/aromatic N) is 5. The van der Waals surface area contributed by atoms with Gasteiger partial charge in [0, 0.05) is 29.8 Å². The number of benzene rings is 1. The minimum atomic E-state index is -0.731. The summed E-state index contributed by atoms with van der Waals surface area (Å²) in [4.78, 5) is 31.4. The number of fused-ring (bicyclic) bond motifs is 3. The average molecular weight is 514 g/mol. The van der Waals surface area contributed by atoms with E-state index in [-0.39, 0.29) is 30.0 Å². The first kappa shape index (κ1) is 24.6. The predicted molar refractivity (Wildman–Crippen MR) is 137 cm³/mol. The molecule has 10 heteroatoms. The lowest BCUT2D eigenvalue weighted by Crippen LogP contribution is -2.42. The Morgan fingerprint density at radius 2 is 2.08 bits per heavy atom. The smallest absolute Gasteiger partial charge is 0.414 e. The highest BCUT2D eigenvalue weighted by Gasteiger charge is 2.35. The van der Waals surface area contributed by atoms with Gasteiger partial charge in [0.05, 0.1) is 47.5 Å². The van der Waals surface area contributed by atoms with Gasteiger partial charge in [-0.2, -0.15) is 5.10 Å². The minimum absolute atomic E-state index is 0.00782. The maximum Gasteiger partial charge on any atom is 0.414 e. The van der Waals surface area contributed by atoms with Crippen LogP contribution in [0.2, 0.25) is 5.02 Å². The number of aryl methyl sites for hydroxylation is 1. The van der Waals surface area contributed by atoms with Crippen LogP contribution in [0.4, 0.5) is 10.5 Å². The Bertz CT molecular complexity index is 1300. The van der Waals surface area contributed by atoms with Crippen molar-refractivity contribution >= 4 is 40.4 Å². The van der Waals surface area contributed by atoms with Crippen molar-refractivity contribution in [2.75, 3.05) is 12.0 Å². The molecule has 36 heavy (non-hydrogen) atoms. The van der Waals surface area contributed by atoms with E-state index in [0.717, 1.165) is 53.8 Å². The highest BCUT2D eigenvalue weighted by Crippen LogP contribution is 2.41. The van der Waals surface area contributed by atoms with Crippen LogP contribution >= 0.6 is 11.6 Å². The number of halogens is 1. The van der Waals surface area contributed by atoms with Crippen molar-refractivity contribution in [2.45, 2.75) is 76.9 Å². The van der Waals surface area contributed by atoms with Gasteiger partial charge < -0.3 is 14.4 Å². The third-order valence-electron chi connectivity index (χ3n) is 7.72. The number of ether oxygens (including phenoxy) is 1. The second-order valence-corrected chi connectivity index (χ2v) is 10.6. The molecular formula is C26H32ClN5O4. The summed E-state index contributed by atoms with van der Waals surface area (Å²) < 4.78 is 9.16. The van der Waals surface area contributed by atoms with Crippen molar-refractivity contribution in [2.24, 2.45) is 5.92 Å². The minimum Gasteiger partial charge on any atom is -0.481 e. The van der Waals surface area contributed by atoms with Gasteiger partial charge in [-0.25, -0.2) is 9.78 Å². The van der Waals surface area contributed by atoms with E-state index >= 15 is 0 Å². The molecule has 1 aliphatic heterocycles. The number of imidazole rings is 1. The monoisotopic (exact) mass is 513 g/mol. The van der Waals surface area contributed by atoms with E-state index in [9.17, 15) is 14.7 Å². The molecule has 1 N–H and O–H groups in total. The first-order chi connectivity index (χ1) is 17.3. The molecule has 9 nitrogen and oxygen atoms in total. The first-order valence-electron chi connectivity index (χ1n) is 12.6. The number of methoxy groups -OCH3 is 1. The van der Waals surface area contributed by atoms with E-state index in [1.54, 1.807) is 17.3 Å². The number of carbonyl (C=O) groups excluding carboxylic acids is 1. The maximum absolute atomic E-state index is 12.6. The zero-order chi connectivity index (χ0) is 25.6. The highest BCUT2D eigenvalue weighted by atomic mass is 35.5. The first-order valence-corrected chi connectivity index (χ1v) is 13.0. The highest BCUT2D eigenvalue weighted by molar-refractivity contribution is 6.30. The Labute approximate surface area is 215 Å². The number of carbonyl (C=O) groups is 2. The summed E-state index contributed by atoms with van der Waals surface area (Å²) in [6, 6.07) is 4.09. The van der Waals surface area contributed by atoms with Crippen molar-refractivity contribution in [3.05, 3.63) is 40.9 Å². The lowest BCUT2D eigenvalue weighted by Gasteiger charge is -2.34. The molecule has 1 aliphatic carbocycles. The fourth-order valence-electron chi connectivity index (χ4n) is 5.95. The van der Waals surface area contributed by atoms with E-state index < -0.39 is 5.97 Å². The zero-order valence-electron chi connectivity index (χ0n) is 20.9. The van der Waals surface area contributed by atoms with Crippen LogP contribution in [0.1, 0.15) is 69.3 Å². The van der Waals surface area contributed by atoms with E-state index in [1.807, 2.05) is 23.7 Å². The zero-order valence-corrected chi connectivity index (χ0v) is 21.6. The lowest BCUT2D eigenvalue weighted by atomic mass is 9.85. The molecule has 5 rings (SSSR count). The van der Waals surface area contributed by atoms with E-state index in [2.05, 4.69) is 16.6 Å². The van der Waals surface area contributed by atoms with Crippen LogP contribution in [0, 0.1) is 5.92 Å². The Morgan fingerprint density at radius 3 is 2.78 bits per heavy atom. The van der Waals surface area contributed by atoms with Crippen LogP contribution in [0.25, 0.3) is 11.0 Å². The van der Waals surface area contributed by atoms with Crippen LogP contribution in [0.5, 0.6) is 0 Å². The summed E-state index contributed by atoms with van der Waals surface area (Å²) in [5.74, 6) is -0.176. The fourth-order valence-corrected chi connectivity index (χ4v) is 6.10. The Morgan fingerprint density at radius 1 is 1.28 bits per heavy atom. The standard InChI is InChI=1S/C26H32ClN5O4/c1-15(13-30-14-18(27)12-28-30)24-29-23-20-8-7-16(2)31(26(35)36-3)21(20)9-10-22(23)32(24)19-6-4-5-17(11-19)25(33)34/h9-10,12,14-17,19H,4-8,11,13H2,1-3H3,(H,33,34).